The normalized spacial score (nSPS) is 11.0. The molecule has 0 fully saturated rings. The third kappa shape index (κ3) is 9.99. The van der Waals surface area contributed by atoms with E-state index in [4.69, 9.17) is 9.47 Å². The molecule has 2 rings (SSSR count). The van der Waals surface area contributed by atoms with Crippen LogP contribution in [0.1, 0.15) is 57.1 Å². The number of carbonyl (C=O) groups is 2. The predicted octanol–water partition coefficient (Wildman–Crippen LogP) is 4.03. The average molecular weight is 453 g/mol. The number of hydrogen-bond acceptors (Lipinski definition) is 6. The Balaban J connectivity index is 1.60. The van der Waals surface area contributed by atoms with Crippen LogP contribution in [0.25, 0.3) is 0 Å². The van der Waals surface area contributed by atoms with Crippen molar-refractivity contribution in [2.45, 2.75) is 46.0 Å². The highest BCUT2D eigenvalue weighted by Crippen LogP contribution is 2.16. The molecule has 176 valence electrons. The van der Waals surface area contributed by atoms with Crippen molar-refractivity contribution in [1.82, 2.24) is 10.9 Å². The number of para-hydroxylation sites is 2. The minimum atomic E-state index is -0.165. The molecule has 2 N–H and O–H groups in total. The molecule has 0 aromatic heterocycles. The van der Waals surface area contributed by atoms with Crippen LogP contribution in [0.3, 0.4) is 0 Å². The zero-order valence-electron chi connectivity index (χ0n) is 19.3. The Morgan fingerprint density at radius 2 is 1.15 bits per heavy atom. The molecule has 0 aliphatic carbocycles. The lowest BCUT2D eigenvalue weighted by Gasteiger charge is -2.06. The first-order valence-electron chi connectivity index (χ1n) is 11.2. The molecule has 0 spiro atoms. The molecule has 33 heavy (non-hydrogen) atoms. The summed E-state index contributed by atoms with van der Waals surface area (Å²) in [7, 11) is 0. The Kier molecular flexibility index (Phi) is 11.8. The maximum absolute atomic E-state index is 11.9. The van der Waals surface area contributed by atoms with Crippen LogP contribution in [0, 0.1) is 0 Å². The summed E-state index contributed by atoms with van der Waals surface area (Å²) in [5.74, 6) is 1.11. The van der Waals surface area contributed by atoms with E-state index in [1.807, 2.05) is 62.4 Å². The van der Waals surface area contributed by atoms with Gasteiger partial charge in [0.2, 0.25) is 11.8 Å². The molecule has 2 aromatic carbocycles. The summed E-state index contributed by atoms with van der Waals surface area (Å²) in [6, 6.07) is 15.0. The third-order valence-corrected chi connectivity index (χ3v) is 4.53. The summed E-state index contributed by atoms with van der Waals surface area (Å²) in [4.78, 5) is 23.9. The second kappa shape index (κ2) is 15.2. The van der Waals surface area contributed by atoms with E-state index >= 15 is 0 Å². The maximum Gasteiger partial charge on any atom is 0.240 e. The minimum absolute atomic E-state index is 0.165. The van der Waals surface area contributed by atoms with Gasteiger partial charge in [0.15, 0.2) is 0 Å². The van der Waals surface area contributed by atoms with Crippen molar-refractivity contribution in [3.05, 3.63) is 59.7 Å². The van der Waals surface area contributed by atoms with Crippen molar-refractivity contribution >= 4 is 24.2 Å². The zero-order valence-corrected chi connectivity index (χ0v) is 19.3. The van der Waals surface area contributed by atoms with Gasteiger partial charge >= 0.3 is 0 Å². The second-order valence-corrected chi connectivity index (χ2v) is 7.09. The van der Waals surface area contributed by atoms with Crippen LogP contribution in [0.5, 0.6) is 11.5 Å². The van der Waals surface area contributed by atoms with Gasteiger partial charge in [-0.15, -0.1) is 0 Å². The van der Waals surface area contributed by atoms with Gasteiger partial charge in [-0.2, -0.15) is 10.2 Å². The van der Waals surface area contributed by atoms with Gasteiger partial charge < -0.3 is 9.47 Å². The molecule has 8 heteroatoms. The first-order chi connectivity index (χ1) is 16.1. The Morgan fingerprint density at radius 1 is 0.727 bits per heavy atom. The smallest absolute Gasteiger partial charge is 0.240 e. The quantitative estimate of drug-likeness (QED) is 0.257. The van der Waals surface area contributed by atoms with Gasteiger partial charge in [0.05, 0.1) is 25.6 Å². The first-order valence-corrected chi connectivity index (χ1v) is 11.2. The first kappa shape index (κ1) is 25.6. The summed E-state index contributed by atoms with van der Waals surface area (Å²) >= 11 is 0. The molecule has 0 atom stereocenters. The van der Waals surface area contributed by atoms with Gasteiger partial charge in [-0.1, -0.05) is 30.7 Å². The Bertz CT molecular complexity index is 868. The van der Waals surface area contributed by atoms with E-state index in [-0.39, 0.29) is 11.8 Å². The van der Waals surface area contributed by atoms with Crippen LogP contribution in [-0.2, 0) is 9.59 Å². The molecule has 0 aliphatic heterocycles. The average Bonchev–Trinajstić information content (AvgIpc) is 2.81. The molecule has 0 saturated heterocycles. The lowest BCUT2D eigenvalue weighted by molar-refractivity contribution is -0.121. The summed E-state index contributed by atoms with van der Waals surface area (Å²) < 4.78 is 11.0. The molecular formula is C25H32N4O4. The van der Waals surface area contributed by atoms with E-state index in [9.17, 15) is 9.59 Å². The van der Waals surface area contributed by atoms with E-state index in [1.54, 1.807) is 12.4 Å². The SMILES string of the molecule is CCOc1ccccc1/C=N\NC(=O)CCCCCC(=O)N/N=C/c1ccccc1OCC. The number of hydrogen-bond donors (Lipinski definition) is 2. The van der Waals surface area contributed by atoms with Gasteiger partial charge in [-0.05, 0) is 51.0 Å². The fourth-order valence-electron chi connectivity index (χ4n) is 2.96. The molecular weight excluding hydrogens is 420 g/mol. The van der Waals surface area contributed by atoms with E-state index < -0.39 is 0 Å². The van der Waals surface area contributed by atoms with Gasteiger partial charge in [-0.3, -0.25) is 9.59 Å². The predicted molar refractivity (Wildman–Crippen MR) is 130 cm³/mol. The van der Waals surface area contributed by atoms with Crippen molar-refractivity contribution in [2.24, 2.45) is 10.2 Å². The number of amides is 2. The number of benzene rings is 2. The maximum atomic E-state index is 11.9. The molecule has 8 nitrogen and oxygen atoms in total. The summed E-state index contributed by atoms with van der Waals surface area (Å²) in [5.41, 5.74) is 6.65. The number of nitrogens with one attached hydrogen (secondary N) is 2. The third-order valence-electron chi connectivity index (χ3n) is 4.53. The van der Waals surface area contributed by atoms with Crippen molar-refractivity contribution in [2.75, 3.05) is 13.2 Å². The van der Waals surface area contributed by atoms with Crippen LogP contribution in [-0.4, -0.2) is 37.5 Å². The summed E-state index contributed by atoms with van der Waals surface area (Å²) in [6.45, 7) is 4.94. The molecule has 0 saturated carbocycles. The van der Waals surface area contributed by atoms with Crippen molar-refractivity contribution < 1.29 is 19.1 Å². The highest BCUT2D eigenvalue weighted by molar-refractivity contribution is 5.86. The number of ether oxygens (including phenoxy) is 2. The molecule has 0 unspecified atom stereocenters. The van der Waals surface area contributed by atoms with Crippen LogP contribution in [0.15, 0.2) is 58.7 Å². The Hall–Kier alpha value is -3.68. The van der Waals surface area contributed by atoms with Crippen molar-refractivity contribution in [1.29, 1.82) is 0 Å². The van der Waals surface area contributed by atoms with E-state index in [0.29, 0.717) is 38.9 Å². The monoisotopic (exact) mass is 452 g/mol. The van der Waals surface area contributed by atoms with E-state index in [1.165, 1.54) is 0 Å². The topological polar surface area (TPSA) is 101 Å². The molecule has 2 aromatic rings. The highest BCUT2D eigenvalue weighted by atomic mass is 16.5. The Labute approximate surface area is 195 Å². The van der Waals surface area contributed by atoms with Crippen LogP contribution in [0.4, 0.5) is 0 Å². The summed E-state index contributed by atoms with van der Waals surface area (Å²) in [6.07, 6.45) is 5.94. The fourth-order valence-corrected chi connectivity index (χ4v) is 2.96. The number of hydrazone groups is 2. The zero-order chi connectivity index (χ0) is 23.7. The molecule has 0 aliphatic rings. The highest BCUT2D eigenvalue weighted by Gasteiger charge is 2.04. The number of nitrogens with zero attached hydrogens (tertiary/aromatic N) is 2. The van der Waals surface area contributed by atoms with Gasteiger partial charge in [-0.25, -0.2) is 10.9 Å². The van der Waals surface area contributed by atoms with Crippen LogP contribution >= 0.6 is 0 Å². The van der Waals surface area contributed by atoms with Gasteiger partial charge in [0.25, 0.3) is 0 Å². The van der Waals surface area contributed by atoms with Crippen molar-refractivity contribution in [3.63, 3.8) is 0 Å². The minimum Gasteiger partial charge on any atom is -0.493 e. The molecule has 0 heterocycles. The van der Waals surface area contributed by atoms with E-state index in [2.05, 4.69) is 21.1 Å². The summed E-state index contributed by atoms with van der Waals surface area (Å²) in [5, 5.41) is 7.99. The lowest BCUT2D eigenvalue weighted by Crippen LogP contribution is -2.18. The van der Waals surface area contributed by atoms with E-state index in [0.717, 1.165) is 29.0 Å². The molecule has 2 amide bonds. The Morgan fingerprint density at radius 3 is 1.58 bits per heavy atom. The standard InChI is InChI=1S/C25H32N4O4/c1-3-32-22-14-10-8-12-20(22)18-26-28-24(30)16-6-5-7-17-25(31)29-27-19-21-13-9-11-15-23(21)33-4-2/h8-15,18-19H,3-7,16-17H2,1-2H3,(H,28,30)(H,29,31)/b26-18-,27-19+. The number of carbonyl (C=O) groups excluding carboxylic acids is 2. The second-order valence-electron chi connectivity index (χ2n) is 7.09. The van der Waals surface area contributed by atoms with Gasteiger partial charge in [0.1, 0.15) is 11.5 Å². The van der Waals surface area contributed by atoms with Crippen molar-refractivity contribution in [3.8, 4) is 11.5 Å². The largest absolute Gasteiger partial charge is 0.493 e. The lowest BCUT2D eigenvalue weighted by atomic mass is 10.1. The molecule has 0 bridgehead atoms. The van der Waals surface area contributed by atoms with Gasteiger partial charge in [0, 0.05) is 24.0 Å². The van der Waals surface area contributed by atoms with Crippen LogP contribution < -0.4 is 20.3 Å². The number of unbranched alkanes of at least 4 members (excludes halogenated alkanes) is 2. The fraction of sp³-hybridized carbons (Fsp3) is 0.360. The number of rotatable bonds is 14. The molecule has 0 radical (unpaired) electrons. The van der Waals surface area contributed by atoms with Crippen LogP contribution in [0.2, 0.25) is 0 Å².